The van der Waals surface area contributed by atoms with Gasteiger partial charge in [-0.05, 0) is 18.9 Å². The van der Waals surface area contributed by atoms with Crippen LogP contribution in [0.25, 0.3) is 5.65 Å². The van der Waals surface area contributed by atoms with Gasteiger partial charge in [0.15, 0.2) is 11.5 Å². The molecule has 0 saturated heterocycles. The summed E-state index contributed by atoms with van der Waals surface area (Å²) in [6.45, 7) is 5.81. The van der Waals surface area contributed by atoms with Crippen LogP contribution in [0.4, 0.5) is 15.8 Å². The Labute approximate surface area is 179 Å². The lowest BCUT2D eigenvalue weighted by molar-refractivity contribution is 0.102. The van der Waals surface area contributed by atoms with Gasteiger partial charge in [0, 0.05) is 31.1 Å². The average molecular weight is 427 g/mol. The third kappa shape index (κ3) is 4.18. The summed E-state index contributed by atoms with van der Waals surface area (Å²) in [5, 5.41) is 16.5. The number of aliphatic hydroxyl groups excluding tert-OH is 1. The van der Waals surface area contributed by atoms with Crippen LogP contribution in [0, 0.1) is 5.82 Å². The quantitative estimate of drug-likeness (QED) is 0.574. The smallest absolute Gasteiger partial charge is 0.261 e. The van der Waals surface area contributed by atoms with Crippen molar-refractivity contribution < 1.29 is 19.0 Å². The largest absolute Gasteiger partial charge is 0.487 e. The fourth-order valence-corrected chi connectivity index (χ4v) is 3.91. The number of hydrogen-bond donors (Lipinski definition) is 2. The van der Waals surface area contributed by atoms with Gasteiger partial charge in [0.2, 0.25) is 0 Å². The maximum absolute atomic E-state index is 13.4. The van der Waals surface area contributed by atoms with Crippen LogP contribution in [0.5, 0.6) is 5.75 Å². The molecule has 1 aromatic carbocycles. The molecule has 9 heteroatoms. The van der Waals surface area contributed by atoms with Crippen LogP contribution < -0.4 is 15.0 Å². The molecule has 2 aromatic heterocycles. The second-order valence-electron chi connectivity index (χ2n) is 7.64. The summed E-state index contributed by atoms with van der Waals surface area (Å²) in [4.78, 5) is 19.3. The second kappa shape index (κ2) is 8.89. The molecule has 4 rings (SSSR count). The zero-order chi connectivity index (χ0) is 22.0. The molecule has 3 heterocycles. The van der Waals surface area contributed by atoms with E-state index in [4.69, 9.17) is 4.74 Å². The Balaban J connectivity index is 1.71. The average Bonchev–Trinajstić information content (AvgIpc) is 3.36. The van der Waals surface area contributed by atoms with Gasteiger partial charge in [-0.2, -0.15) is 5.10 Å². The lowest BCUT2D eigenvalue weighted by atomic mass is 10.1. The minimum atomic E-state index is -0.531. The number of carbonyl (C=O) groups excluding carboxylic acids is 1. The summed E-state index contributed by atoms with van der Waals surface area (Å²) in [6.07, 6.45) is 5.82. The van der Waals surface area contributed by atoms with Crippen LogP contribution in [-0.2, 0) is 6.42 Å². The zero-order valence-electron chi connectivity index (χ0n) is 17.6. The van der Waals surface area contributed by atoms with Crippen LogP contribution in [0.15, 0.2) is 30.7 Å². The Morgan fingerprint density at radius 1 is 1.32 bits per heavy atom. The molecule has 0 aliphatic carbocycles. The first-order valence-electron chi connectivity index (χ1n) is 10.5. The number of halogens is 1. The summed E-state index contributed by atoms with van der Waals surface area (Å²) in [7, 11) is 0. The molecule has 1 unspecified atom stereocenters. The predicted molar refractivity (Wildman–Crippen MR) is 115 cm³/mol. The lowest BCUT2D eigenvalue weighted by Crippen LogP contribution is -2.26. The van der Waals surface area contributed by atoms with Crippen molar-refractivity contribution in [3.8, 4) is 5.75 Å². The normalized spacial score (nSPS) is 15.0. The van der Waals surface area contributed by atoms with Crippen molar-refractivity contribution in [1.82, 2.24) is 14.6 Å². The van der Waals surface area contributed by atoms with E-state index in [0.717, 1.165) is 49.1 Å². The molecule has 0 saturated carbocycles. The summed E-state index contributed by atoms with van der Waals surface area (Å²) in [6, 6.07) is 3.85. The minimum absolute atomic E-state index is 0.0655. The predicted octanol–water partition coefficient (Wildman–Crippen LogP) is 3.04. The van der Waals surface area contributed by atoms with Crippen molar-refractivity contribution in [3.63, 3.8) is 0 Å². The zero-order valence-corrected chi connectivity index (χ0v) is 17.6. The molecule has 0 spiro atoms. The topological polar surface area (TPSA) is 92.0 Å². The van der Waals surface area contributed by atoms with E-state index in [1.54, 1.807) is 0 Å². The van der Waals surface area contributed by atoms with Gasteiger partial charge in [-0.15, -0.1) is 0 Å². The number of hydrogen-bond acceptors (Lipinski definition) is 6. The maximum atomic E-state index is 13.4. The van der Waals surface area contributed by atoms with E-state index in [9.17, 15) is 14.3 Å². The summed E-state index contributed by atoms with van der Waals surface area (Å²) >= 11 is 0. The molecule has 31 heavy (non-hydrogen) atoms. The van der Waals surface area contributed by atoms with Crippen molar-refractivity contribution in [2.24, 2.45) is 0 Å². The number of carbonyl (C=O) groups is 1. The van der Waals surface area contributed by atoms with E-state index in [1.807, 2.05) is 12.1 Å². The van der Waals surface area contributed by atoms with Crippen molar-refractivity contribution in [2.45, 2.75) is 39.2 Å². The number of rotatable bonds is 8. The van der Waals surface area contributed by atoms with Crippen LogP contribution in [-0.4, -0.2) is 51.4 Å². The number of ether oxygens (including phenoxy) is 1. The molecule has 1 amide bonds. The van der Waals surface area contributed by atoms with Crippen LogP contribution in [0.3, 0.4) is 0 Å². The van der Waals surface area contributed by atoms with Gasteiger partial charge in [-0.25, -0.2) is 13.9 Å². The van der Waals surface area contributed by atoms with E-state index in [-0.39, 0.29) is 29.8 Å². The van der Waals surface area contributed by atoms with Crippen molar-refractivity contribution in [1.29, 1.82) is 0 Å². The third-order valence-electron chi connectivity index (χ3n) is 5.27. The van der Waals surface area contributed by atoms with Gasteiger partial charge in [0.1, 0.15) is 17.4 Å². The SMILES string of the molecule is CCCN(CCC)c1cc2c(cc1NC(=O)c1cnn3cc(F)cnc13)CC(CO)O2. The number of benzene rings is 1. The Morgan fingerprint density at radius 3 is 2.81 bits per heavy atom. The lowest BCUT2D eigenvalue weighted by Gasteiger charge is -2.27. The van der Waals surface area contributed by atoms with Gasteiger partial charge in [0.25, 0.3) is 5.91 Å². The maximum Gasteiger partial charge on any atom is 0.261 e. The highest BCUT2D eigenvalue weighted by atomic mass is 19.1. The Bertz CT molecular complexity index is 1090. The molecule has 1 aliphatic rings. The van der Waals surface area contributed by atoms with Crippen LogP contribution >= 0.6 is 0 Å². The molecule has 0 fully saturated rings. The number of aliphatic hydroxyl groups is 1. The Morgan fingerprint density at radius 2 is 2.10 bits per heavy atom. The molecule has 1 aliphatic heterocycles. The van der Waals surface area contributed by atoms with Gasteiger partial charge >= 0.3 is 0 Å². The highest BCUT2D eigenvalue weighted by Crippen LogP contribution is 2.39. The molecular weight excluding hydrogens is 401 g/mol. The van der Waals surface area contributed by atoms with E-state index >= 15 is 0 Å². The van der Waals surface area contributed by atoms with Gasteiger partial charge in [-0.3, -0.25) is 4.79 Å². The first kappa shape index (κ1) is 21.0. The van der Waals surface area contributed by atoms with Crippen molar-refractivity contribution in [3.05, 3.63) is 47.7 Å². The number of nitrogens with zero attached hydrogens (tertiary/aromatic N) is 4. The van der Waals surface area contributed by atoms with E-state index in [2.05, 4.69) is 34.1 Å². The number of anilines is 2. The Hall–Kier alpha value is -3.20. The van der Waals surface area contributed by atoms with Gasteiger partial charge in [0.05, 0.1) is 36.6 Å². The first-order chi connectivity index (χ1) is 15.0. The van der Waals surface area contributed by atoms with Gasteiger partial charge in [-0.1, -0.05) is 13.8 Å². The molecule has 1 atom stereocenters. The van der Waals surface area contributed by atoms with Crippen molar-refractivity contribution >= 4 is 22.9 Å². The van der Waals surface area contributed by atoms with Crippen LogP contribution in [0.2, 0.25) is 0 Å². The standard InChI is InChI=1S/C22H26FN5O3/c1-3-5-27(6-4-2)19-9-20-14(7-16(13-29)31-20)8-18(19)26-22(30)17-11-25-28-12-15(23)10-24-21(17)28/h8-12,16,29H,3-7,13H2,1-2H3,(H,26,30). The fraction of sp³-hybridized carbons (Fsp3) is 0.409. The van der Waals surface area contributed by atoms with Crippen molar-refractivity contribution in [2.75, 3.05) is 29.9 Å². The molecule has 0 radical (unpaired) electrons. The number of aromatic nitrogens is 3. The molecule has 164 valence electrons. The first-order valence-corrected chi connectivity index (χ1v) is 10.5. The molecule has 3 aromatic rings. The molecule has 2 N–H and O–H groups in total. The third-order valence-corrected chi connectivity index (χ3v) is 5.27. The summed E-state index contributed by atoms with van der Waals surface area (Å²) < 4.78 is 20.5. The van der Waals surface area contributed by atoms with Crippen LogP contribution in [0.1, 0.15) is 42.6 Å². The minimum Gasteiger partial charge on any atom is -0.487 e. The highest BCUT2D eigenvalue weighted by Gasteiger charge is 2.26. The number of nitrogens with one attached hydrogen (secondary N) is 1. The summed E-state index contributed by atoms with van der Waals surface area (Å²) in [5.41, 5.74) is 3.00. The van der Waals surface area contributed by atoms with Gasteiger partial charge < -0.3 is 20.1 Å². The monoisotopic (exact) mass is 427 g/mol. The molecule has 8 nitrogen and oxygen atoms in total. The van der Waals surface area contributed by atoms with E-state index in [0.29, 0.717) is 12.1 Å². The fourth-order valence-electron chi connectivity index (χ4n) is 3.91. The van der Waals surface area contributed by atoms with E-state index in [1.165, 1.54) is 16.9 Å². The second-order valence-corrected chi connectivity index (χ2v) is 7.64. The summed E-state index contributed by atoms with van der Waals surface area (Å²) in [5.74, 6) is -0.171. The molecule has 0 bridgehead atoms. The Kier molecular flexibility index (Phi) is 6.03. The highest BCUT2D eigenvalue weighted by molar-refractivity contribution is 6.09. The molecular formula is C22H26FN5O3. The number of fused-ring (bicyclic) bond motifs is 2. The number of amides is 1. The van der Waals surface area contributed by atoms with E-state index < -0.39 is 5.82 Å².